The van der Waals surface area contributed by atoms with Crippen LogP contribution in [0.4, 0.5) is 0 Å². The summed E-state index contributed by atoms with van der Waals surface area (Å²) < 4.78 is 1.09. The second kappa shape index (κ2) is 4.62. The van der Waals surface area contributed by atoms with E-state index in [2.05, 4.69) is 27.8 Å². The Morgan fingerprint density at radius 1 is 1.67 bits per heavy atom. The molecule has 66 valence electrons. The zero-order valence-corrected chi connectivity index (χ0v) is 9.28. The van der Waals surface area contributed by atoms with Crippen molar-refractivity contribution in [1.29, 1.82) is 0 Å². The molecule has 1 aromatic heterocycles. The molecule has 2 N–H and O–H groups in total. The van der Waals surface area contributed by atoms with E-state index >= 15 is 0 Å². The minimum Gasteiger partial charge on any atom is -0.383 e. The van der Waals surface area contributed by atoms with E-state index in [4.69, 9.17) is 5.73 Å². The number of rotatable bonds is 3. The predicted molar refractivity (Wildman–Crippen MR) is 57.9 cm³/mol. The van der Waals surface area contributed by atoms with E-state index in [0.29, 0.717) is 5.84 Å². The first-order chi connectivity index (χ1) is 5.74. The molecule has 0 bridgehead atoms. The summed E-state index contributed by atoms with van der Waals surface area (Å²) in [6.45, 7) is 2.89. The molecule has 0 spiro atoms. The molecule has 0 unspecified atom stereocenters. The van der Waals surface area contributed by atoms with E-state index in [-0.39, 0.29) is 0 Å². The van der Waals surface area contributed by atoms with Crippen LogP contribution in [0.25, 0.3) is 0 Å². The van der Waals surface area contributed by atoms with Crippen LogP contribution in [0.2, 0.25) is 0 Å². The Morgan fingerprint density at radius 2 is 2.42 bits per heavy atom. The van der Waals surface area contributed by atoms with Crippen LogP contribution in [-0.2, 0) is 0 Å². The third-order valence-electron chi connectivity index (χ3n) is 1.33. The first-order valence-electron chi connectivity index (χ1n) is 3.79. The highest BCUT2D eigenvalue weighted by molar-refractivity contribution is 9.11. The lowest BCUT2D eigenvalue weighted by atomic mass is 10.4. The highest BCUT2D eigenvalue weighted by atomic mass is 79.9. The normalized spacial score (nSPS) is 12.0. The van der Waals surface area contributed by atoms with Crippen LogP contribution < -0.4 is 5.73 Å². The van der Waals surface area contributed by atoms with E-state index in [9.17, 15) is 0 Å². The quantitative estimate of drug-likeness (QED) is 0.647. The number of nitrogens with two attached hydrogens (primary N) is 1. The number of aliphatic imine (C=N–C) groups is 1. The Kier molecular flexibility index (Phi) is 3.75. The minimum absolute atomic E-state index is 0.646. The van der Waals surface area contributed by atoms with Gasteiger partial charge >= 0.3 is 0 Å². The predicted octanol–water partition coefficient (Wildman–Crippen LogP) is 2.63. The second-order valence-electron chi connectivity index (χ2n) is 2.37. The Balaban J connectivity index is 2.70. The molecular formula is C8H11BrN2S. The van der Waals surface area contributed by atoms with E-state index < -0.39 is 0 Å². The number of amidine groups is 1. The molecule has 0 atom stereocenters. The van der Waals surface area contributed by atoms with E-state index in [1.165, 1.54) is 0 Å². The Labute approximate surface area is 84.6 Å². The highest BCUT2D eigenvalue weighted by Gasteiger charge is 2.00. The molecule has 1 aromatic rings. The molecule has 12 heavy (non-hydrogen) atoms. The topological polar surface area (TPSA) is 38.4 Å². The first-order valence-corrected chi connectivity index (χ1v) is 5.40. The molecule has 0 amide bonds. The maximum Gasteiger partial charge on any atom is 0.135 e. The van der Waals surface area contributed by atoms with Gasteiger partial charge in [0.05, 0.1) is 8.66 Å². The molecule has 0 fully saturated rings. The fourth-order valence-electron chi connectivity index (χ4n) is 0.762. The molecule has 0 saturated carbocycles. The van der Waals surface area contributed by atoms with Crippen LogP contribution >= 0.6 is 27.3 Å². The largest absolute Gasteiger partial charge is 0.383 e. The molecule has 0 aliphatic heterocycles. The van der Waals surface area contributed by atoms with Crippen LogP contribution in [0.3, 0.4) is 0 Å². The van der Waals surface area contributed by atoms with Crippen LogP contribution in [0.5, 0.6) is 0 Å². The fraction of sp³-hybridized carbons (Fsp3) is 0.375. The number of thiophene rings is 1. The van der Waals surface area contributed by atoms with Crippen molar-refractivity contribution in [3.05, 3.63) is 20.8 Å². The summed E-state index contributed by atoms with van der Waals surface area (Å²) in [5.74, 6) is 0.646. The summed E-state index contributed by atoms with van der Waals surface area (Å²) in [6, 6.07) is 3.96. The smallest absolute Gasteiger partial charge is 0.135 e. The van der Waals surface area contributed by atoms with Crippen molar-refractivity contribution in [1.82, 2.24) is 0 Å². The van der Waals surface area contributed by atoms with Crippen molar-refractivity contribution in [3.8, 4) is 0 Å². The average molecular weight is 247 g/mol. The number of halogens is 1. The molecular weight excluding hydrogens is 236 g/mol. The van der Waals surface area contributed by atoms with E-state index in [1.807, 2.05) is 12.1 Å². The van der Waals surface area contributed by atoms with Gasteiger partial charge in [0, 0.05) is 6.54 Å². The summed E-state index contributed by atoms with van der Waals surface area (Å²) in [5, 5.41) is 0. The third kappa shape index (κ3) is 2.60. The third-order valence-corrected chi connectivity index (χ3v) is 2.98. The monoisotopic (exact) mass is 246 g/mol. The van der Waals surface area contributed by atoms with Gasteiger partial charge in [-0.25, -0.2) is 0 Å². The molecule has 2 nitrogen and oxygen atoms in total. The van der Waals surface area contributed by atoms with Gasteiger partial charge in [0.15, 0.2) is 0 Å². The van der Waals surface area contributed by atoms with Crippen molar-refractivity contribution in [2.24, 2.45) is 10.7 Å². The Hall–Kier alpha value is -0.350. The van der Waals surface area contributed by atoms with Gasteiger partial charge in [0.25, 0.3) is 0 Å². The summed E-state index contributed by atoms with van der Waals surface area (Å²) in [4.78, 5) is 5.25. The summed E-state index contributed by atoms with van der Waals surface area (Å²) in [6.07, 6.45) is 1.03. The van der Waals surface area contributed by atoms with Gasteiger partial charge in [0.2, 0.25) is 0 Å². The van der Waals surface area contributed by atoms with Gasteiger partial charge in [-0.1, -0.05) is 6.92 Å². The summed E-state index contributed by atoms with van der Waals surface area (Å²) >= 11 is 4.98. The van der Waals surface area contributed by atoms with Crippen LogP contribution in [0.1, 0.15) is 18.2 Å². The van der Waals surface area contributed by atoms with Gasteiger partial charge in [-0.3, -0.25) is 4.99 Å². The SMILES string of the molecule is CCCN=C(N)c1ccc(Br)s1. The van der Waals surface area contributed by atoms with Gasteiger partial charge in [-0.15, -0.1) is 11.3 Å². The standard InChI is InChI=1S/C8H11BrN2S/c1-2-5-11-8(10)6-3-4-7(9)12-6/h3-4H,2,5H2,1H3,(H2,10,11). The van der Waals surface area contributed by atoms with E-state index in [0.717, 1.165) is 21.6 Å². The van der Waals surface area contributed by atoms with Gasteiger partial charge in [-0.05, 0) is 34.5 Å². The fourth-order valence-corrected chi connectivity index (χ4v) is 2.07. The van der Waals surface area contributed by atoms with Crippen molar-refractivity contribution in [3.63, 3.8) is 0 Å². The number of hydrogen-bond donors (Lipinski definition) is 1. The van der Waals surface area contributed by atoms with Gasteiger partial charge in [0.1, 0.15) is 5.84 Å². The maximum absolute atomic E-state index is 5.73. The van der Waals surface area contributed by atoms with Crippen molar-refractivity contribution in [2.75, 3.05) is 6.54 Å². The maximum atomic E-state index is 5.73. The lowest BCUT2D eigenvalue weighted by molar-refractivity contribution is 0.931. The van der Waals surface area contributed by atoms with Crippen molar-refractivity contribution < 1.29 is 0 Å². The molecule has 0 aliphatic rings. The van der Waals surface area contributed by atoms with Crippen LogP contribution in [0.15, 0.2) is 20.9 Å². The molecule has 4 heteroatoms. The van der Waals surface area contributed by atoms with Crippen molar-refractivity contribution in [2.45, 2.75) is 13.3 Å². The molecule has 0 radical (unpaired) electrons. The molecule has 0 saturated heterocycles. The van der Waals surface area contributed by atoms with Crippen molar-refractivity contribution >= 4 is 33.1 Å². The summed E-state index contributed by atoms with van der Waals surface area (Å²) in [5.41, 5.74) is 5.73. The molecule has 0 aliphatic carbocycles. The second-order valence-corrected chi connectivity index (χ2v) is 4.83. The van der Waals surface area contributed by atoms with Gasteiger partial charge in [-0.2, -0.15) is 0 Å². The summed E-state index contributed by atoms with van der Waals surface area (Å²) in [7, 11) is 0. The lowest BCUT2D eigenvalue weighted by Crippen LogP contribution is -2.11. The zero-order valence-electron chi connectivity index (χ0n) is 6.88. The molecule has 1 heterocycles. The van der Waals surface area contributed by atoms with Crippen LogP contribution in [-0.4, -0.2) is 12.4 Å². The number of nitrogens with zero attached hydrogens (tertiary/aromatic N) is 1. The van der Waals surface area contributed by atoms with Gasteiger partial charge < -0.3 is 5.73 Å². The highest BCUT2D eigenvalue weighted by Crippen LogP contribution is 2.21. The minimum atomic E-state index is 0.646. The average Bonchev–Trinajstić information content (AvgIpc) is 2.47. The Morgan fingerprint density at radius 3 is 2.92 bits per heavy atom. The zero-order chi connectivity index (χ0) is 8.97. The number of hydrogen-bond acceptors (Lipinski definition) is 2. The van der Waals surface area contributed by atoms with E-state index in [1.54, 1.807) is 11.3 Å². The molecule has 1 rings (SSSR count). The Bertz CT molecular complexity index is 280. The lowest BCUT2D eigenvalue weighted by Gasteiger charge is -1.94. The first kappa shape index (κ1) is 9.74. The molecule has 0 aromatic carbocycles. The van der Waals surface area contributed by atoms with Crippen LogP contribution in [0, 0.1) is 0 Å².